The average molecular weight is 281 g/mol. The fourth-order valence-electron chi connectivity index (χ4n) is 2.51. The van der Waals surface area contributed by atoms with Crippen molar-refractivity contribution in [2.75, 3.05) is 25.0 Å². The molecule has 0 radical (unpaired) electrons. The van der Waals surface area contributed by atoms with Crippen molar-refractivity contribution in [1.29, 1.82) is 0 Å². The smallest absolute Gasteiger partial charge is 0.318 e. The predicted octanol–water partition coefficient (Wildman–Crippen LogP) is 0.845. The first-order valence-corrected chi connectivity index (χ1v) is 7.22. The second-order valence-electron chi connectivity index (χ2n) is 5.02. The minimum atomic E-state index is -0.212. The van der Waals surface area contributed by atoms with Gasteiger partial charge in [0.1, 0.15) is 6.04 Å². The van der Waals surface area contributed by atoms with E-state index in [4.69, 9.17) is 4.42 Å². The summed E-state index contributed by atoms with van der Waals surface area (Å²) in [5.41, 5.74) is 0. The van der Waals surface area contributed by atoms with E-state index in [2.05, 4.69) is 20.8 Å². The van der Waals surface area contributed by atoms with Gasteiger partial charge in [-0.2, -0.15) is 0 Å². The lowest BCUT2D eigenvalue weighted by Crippen LogP contribution is -2.49. The van der Waals surface area contributed by atoms with Crippen molar-refractivity contribution in [2.45, 2.75) is 45.2 Å². The Morgan fingerprint density at radius 2 is 2.30 bits per heavy atom. The maximum absolute atomic E-state index is 11.9. The summed E-state index contributed by atoms with van der Waals surface area (Å²) in [6, 6.07) is 0.249. The molecule has 2 unspecified atom stereocenters. The van der Waals surface area contributed by atoms with Gasteiger partial charge in [0, 0.05) is 13.6 Å². The predicted molar refractivity (Wildman–Crippen MR) is 75.4 cm³/mol. The monoisotopic (exact) mass is 281 g/mol. The van der Waals surface area contributed by atoms with Crippen LogP contribution in [0.1, 0.15) is 45.0 Å². The Bertz CT molecular complexity index is 448. The highest BCUT2D eigenvalue weighted by Crippen LogP contribution is 2.25. The topological polar surface area (TPSA) is 83.3 Å². The zero-order valence-corrected chi connectivity index (χ0v) is 12.3. The van der Waals surface area contributed by atoms with Crippen molar-refractivity contribution in [3.63, 3.8) is 0 Å². The number of nitrogens with zero attached hydrogens (tertiary/aromatic N) is 3. The van der Waals surface area contributed by atoms with Gasteiger partial charge in [-0.3, -0.25) is 4.79 Å². The molecule has 2 N–H and O–H groups in total. The van der Waals surface area contributed by atoms with E-state index >= 15 is 0 Å². The normalized spacial score (nSPS) is 20.8. The number of anilines is 1. The Balaban J connectivity index is 2.14. The lowest BCUT2D eigenvalue weighted by Gasteiger charge is -2.32. The van der Waals surface area contributed by atoms with Crippen molar-refractivity contribution in [2.24, 2.45) is 0 Å². The minimum Gasteiger partial charge on any atom is -0.406 e. The quantitative estimate of drug-likeness (QED) is 0.832. The van der Waals surface area contributed by atoms with Crippen LogP contribution in [0.15, 0.2) is 4.42 Å². The van der Waals surface area contributed by atoms with E-state index in [0.29, 0.717) is 11.9 Å². The molecule has 0 bridgehead atoms. The van der Waals surface area contributed by atoms with Gasteiger partial charge in [0.25, 0.3) is 0 Å². The molecule has 1 aliphatic rings. The van der Waals surface area contributed by atoms with E-state index in [0.717, 1.165) is 32.4 Å². The molecule has 0 aromatic carbocycles. The summed E-state index contributed by atoms with van der Waals surface area (Å²) in [5, 5.41) is 14.1. The Morgan fingerprint density at radius 1 is 1.50 bits per heavy atom. The van der Waals surface area contributed by atoms with Crippen LogP contribution in [0.5, 0.6) is 0 Å². The van der Waals surface area contributed by atoms with Gasteiger partial charge >= 0.3 is 6.01 Å². The molecule has 1 aromatic heterocycles. The highest BCUT2D eigenvalue weighted by Gasteiger charge is 2.31. The summed E-state index contributed by atoms with van der Waals surface area (Å²) >= 11 is 0. The van der Waals surface area contributed by atoms with Crippen LogP contribution in [0.4, 0.5) is 6.01 Å². The van der Waals surface area contributed by atoms with Crippen LogP contribution >= 0.6 is 0 Å². The van der Waals surface area contributed by atoms with Crippen molar-refractivity contribution in [3.05, 3.63) is 5.89 Å². The summed E-state index contributed by atoms with van der Waals surface area (Å²) in [5.74, 6) is 0.562. The maximum Gasteiger partial charge on any atom is 0.318 e. The van der Waals surface area contributed by atoms with Crippen LogP contribution < -0.4 is 15.5 Å². The first-order valence-electron chi connectivity index (χ1n) is 7.22. The molecule has 0 aliphatic carbocycles. The van der Waals surface area contributed by atoms with E-state index in [-0.39, 0.29) is 18.0 Å². The van der Waals surface area contributed by atoms with Crippen molar-refractivity contribution >= 4 is 11.9 Å². The molecule has 2 atom stereocenters. The van der Waals surface area contributed by atoms with Crippen LogP contribution in [0.25, 0.3) is 0 Å². The highest BCUT2D eigenvalue weighted by atomic mass is 16.4. The third kappa shape index (κ3) is 3.09. The number of likely N-dealkylation sites (N-methyl/N-ethyl adjacent to an activating group) is 1. The van der Waals surface area contributed by atoms with Gasteiger partial charge in [-0.25, -0.2) is 0 Å². The molecule has 0 saturated carbocycles. The molecule has 1 saturated heterocycles. The van der Waals surface area contributed by atoms with Crippen LogP contribution in [0, 0.1) is 0 Å². The van der Waals surface area contributed by atoms with E-state index in [1.54, 1.807) is 7.05 Å². The molecule has 2 heterocycles. The molecule has 7 heteroatoms. The van der Waals surface area contributed by atoms with E-state index in [1.165, 1.54) is 0 Å². The van der Waals surface area contributed by atoms with E-state index in [9.17, 15) is 4.79 Å². The summed E-state index contributed by atoms with van der Waals surface area (Å²) in [4.78, 5) is 13.9. The second-order valence-corrected chi connectivity index (χ2v) is 5.02. The first kappa shape index (κ1) is 14.8. The highest BCUT2D eigenvalue weighted by molar-refractivity contribution is 5.84. The second kappa shape index (κ2) is 6.69. The molecule has 1 amide bonds. The Morgan fingerprint density at radius 3 is 3.00 bits per heavy atom. The molecular formula is C13H23N5O2. The van der Waals surface area contributed by atoms with Crippen molar-refractivity contribution < 1.29 is 9.21 Å². The number of rotatable bonds is 5. The van der Waals surface area contributed by atoms with Gasteiger partial charge in [0.15, 0.2) is 0 Å². The van der Waals surface area contributed by atoms with Gasteiger partial charge in [-0.05, 0) is 32.7 Å². The maximum atomic E-state index is 11.9. The standard InChI is InChI=1S/C13H23N5O2/c1-4-15-9(2)12-16-17-13(20-12)18-8-6-5-7-10(18)11(19)14-3/h9-10,15H,4-8H2,1-3H3,(H,14,19). The number of amides is 1. The molecular weight excluding hydrogens is 258 g/mol. The van der Waals surface area contributed by atoms with Gasteiger partial charge in [0.05, 0.1) is 6.04 Å². The first-order chi connectivity index (χ1) is 9.67. The largest absolute Gasteiger partial charge is 0.406 e. The van der Waals surface area contributed by atoms with Crippen LogP contribution in [0.3, 0.4) is 0 Å². The number of piperidine rings is 1. The van der Waals surface area contributed by atoms with Crippen LogP contribution in [0.2, 0.25) is 0 Å². The summed E-state index contributed by atoms with van der Waals surface area (Å²) in [6.07, 6.45) is 2.90. The third-order valence-electron chi connectivity index (χ3n) is 3.61. The number of aromatic nitrogens is 2. The number of carbonyl (C=O) groups is 1. The van der Waals surface area contributed by atoms with E-state index in [1.807, 2.05) is 18.7 Å². The number of hydrogen-bond acceptors (Lipinski definition) is 6. The Kier molecular flexibility index (Phi) is 4.94. The molecule has 7 nitrogen and oxygen atoms in total. The zero-order valence-electron chi connectivity index (χ0n) is 12.3. The molecule has 1 aliphatic heterocycles. The minimum absolute atomic E-state index is 0.00387. The van der Waals surface area contributed by atoms with Crippen LogP contribution in [-0.4, -0.2) is 42.3 Å². The fourth-order valence-corrected chi connectivity index (χ4v) is 2.51. The van der Waals surface area contributed by atoms with Gasteiger partial charge < -0.3 is 20.0 Å². The van der Waals surface area contributed by atoms with Crippen molar-refractivity contribution in [3.8, 4) is 0 Å². The van der Waals surface area contributed by atoms with Gasteiger partial charge in [-0.15, -0.1) is 5.10 Å². The van der Waals surface area contributed by atoms with E-state index < -0.39 is 0 Å². The Hall–Kier alpha value is -1.63. The molecule has 0 spiro atoms. The molecule has 112 valence electrons. The Labute approximate surface area is 119 Å². The molecule has 2 rings (SSSR count). The zero-order chi connectivity index (χ0) is 14.5. The lowest BCUT2D eigenvalue weighted by atomic mass is 10.0. The third-order valence-corrected chi connectivity index (χ3v) is 3.61. The number of hydrogen-bond donors (Lipinski definition) is 2. The van der Waals surface area contributed by atoms with Crippen molar-refractivity contribution in [1.82, 2.24) is 20.8 Å². The molecule has 1 aromatic rings. The SMILES string of the molecule is CCNC(C)c1nnc(N2CCCCC2C(=O)NC)o1. The van der Waals surface area contributed by atoms with Gasteiger partial charge in [0.2, 0.25) is 11.8 Å². The van der Waals surface area contributed by atoms with Crippen LogP contribution in [-0.2, 0) is 4.79 Å². The molecule has 20 heavy (non-hydrogen) atoms. The summed E-state index contributed by atoms with van der Waals surface area (Å²) in [7, 11) is 1.65. The number of nitrogens with one attached hydrogen (secondary N) is 2. The average Bonchev–Trinajstić information content (AvgIpc) is 2.96. The van der Waals surface area contributed by atoms with Gasteiger partial charge in [-0.1, -0.05) is 12.0 Å². The summed E-state index contributed by atoms with van der Waals surface area (Å²) < 4.78 is 5.72. The fraction of sp³-hybridized carbons (Fsp3) is 0.769. The summed E-state index contributed by atoms with van der Waals surface area (Å²) in [6.45, 7) is 5.62. The molecule has 1 fully saturated rings. The number of carbonyl (C=O) groups excluding carboxylic acids is 1. The lowest BCUT2D eigenvalue weighted by molar-refractivity contribution is -0.122.